The normalized spacial score (nSPS) is 11.4. The van der Waals surface area contributed by atoms with Crippen LogP contribution in [-0.2, 0) is 10.0 Å². The topological polar surface area (TPSA) is 84.1 Å². The molecule has 0 saturated carbocycles. The van der Waals surface area contributed by atoms with Gasteiger partial charge in [-0.15, -0.1) is 0 Å². The minimum atomic E-state index is -3.78. The number of imidazole rings is 1. The van der Waals surface area contributed by atoms with Crippen LogP contribution in [0.15, 0.2) is 77.7 Å². The number of H-pyrrole nitrogens is 1. The number of methoxy groups -OCH3 is 1. The lowest BCUT2D eigenvalue weighted by Crippen LogP contribution is -2.13. The average molecular weight is 379 g/mol. The Balaban J connectivity index is 1.79. The van der Waals surface area contributed by atoms with Gasteiger partial charge in [-0.05, 0) is 36.4 Å². The maximum Gasteiger partial charge on any atom is 0.264 e. The first-order chi connectivity index (χ1) is 13.1. The predicted molar refractivity (Wildman–Crippen MR) is 105 cm³/mol. The van der Waals surface area contributed by atoms with Crippen molar-refractivity contribution in [1.82, 2.24) is 9.97 Å². The Bertz CT molecular complexity index is 1200. The Morgan fingerprint density at radius 3 is 2.52 bits per heavy atom. The van der Waals surface area contributed by atoms with Crippen molar-refractivity contribution in [3.05, 3.63) is 72.8 Å². The van der Waals surface area contributed by atoms with Crippen LogP contribution in [0.4, 0.5) is 5.69 Å². The number of fused-ring (bicyclic) bond motifs is 1. The number of hydrogen-bond acceptors (Lipinski definition) is 4. The highest BCUT2D eigenvalue weighted by atomic mass is 32.2. The number of anilines is 1. The summed E-state index contributed by atoms with van der Waals surface area (Å²) in [6, 6.07) is 21.2. The Morgan fingerprint density at radius 2 is 1.74 bits per heavy atom. The number of rotatable bonds is 5. The fourth-order valence-corrected chi connectivity index (χ4v) is 4.07. The highest BCUT2D eigenvalue weighted by Gasteiger charge is 2.20. The van der Waals surface area contributed by atoms with Crippen molar-refractivity contribution in [1.29, 1.82) is 0 Å². The van der Waals surface area contributed by atoms with Gasteiger partial charge in [-0.2, -0.15) is 0 Å². The minimum Gasteiger partial charge on any atom is -0.497 e. The lowest BCUT2D eigenvalue weighted by atomic mass is 10.2. The summed E-state index contributed by atoms with van der Waals surface area (Å²) in [6.07, 6.45) is 0. The molecular formula is C20H17N3O3S. The van der Waals surface area contributed by atoms with Gasteiger partial charge in [0.1, 0.15) is 22.0 Å². The molecule has 0 saturated heterocycles. The molecule has 0 atom stereocenters. The summed E-state index contributed by atoms with van der Waals surface area (Å²) in [5.41, 5.74) is 2.34. The van der Waals surface area contributed by atoms with E-state index in [4.69, 9.17) is 4.74 Å². The molecule has 1 heterocycles. The highest BCUT2D eigenvalue weighted by molar-refractivity contribution is 7.93. The van der Waals surface area contributed by atoms with E-state index in [1.54, 1.807) is 49.6 Å². The molecule has 0 radical (unpaired) electrons. The van der Waals surface area contributed by atoms with Crippen LogP contribution in [0.1, 0.15) is 0 Å². The summed E-state index contributed by atoms with van der Waals surface area (Å²) in [4.78, 5) is 7.84. The van der Waals surface area contributed by atoms with Gasteiger partial charge in [-0.25, -0.2) is 13.4 Å². The zero-order valence-electron chi connectivity index (χ0n) is 14.5. The second kappa shape index (κ2) is 6.77. The van der Waals surface area contributed by atoms with E-state index in [-0.39, 0.29) is 4.90 Å². The lowest BCUT2D eigenvalue weighted by Gasteiger charge is -2.08. The standard InChI is InChI=1S/C20H17N3O3S/c1-26-16-10-5-7-14(13-16)20-21-17-11-6-12-18(19(17)22-20)27(24,25)23-15-8-3-2-4-9-15/h2-13,23H,1H3,(H,21,22). The molecule has 0 unspecified atom stereocenters. The molecule has 0 bridgehead atoms. The molecule has 1 aromatic heterocycles. The second-order valence-electron chi connectivity index (χ2n) is 5.94. The summed E-state index contributed by atoms with van der Waals surface area (Å²) >= 11 is 0. The SMILES string of the molecule is COc1cccc(-c2nc3c(S(=O)(=O)Nc4ccccc4)cccc3[nH]2)c1. The number of nitrogens with one attached hydrogen (secondary N) is 2. The van der Waals surface area contributed by atoms with E-state index in [9.17, 15) is 8.42 Å². The molecule has 0 amide bonds. The summed E-state index contributed by atoms with van der Waals surface area (Å²) in [6.45, 7) is 0. The molecular weight excluding hydrogens is 362 g/mol. The zero-order valence-corrected chi connectivity index (χ0v) is 15.3. The van der Waals surface area contributed by atoms with Gasteiger partial charge in [0, 0.05) is 11.3 Å². The molecule has 6 nitrogen and oxygen atoms in total. The molecule has 0 fully saturated rings. The quantitative estimate of drug-likeness (QED) is 0.548. The van der Waals surface area contributed by atoms with E-state index in [0.717, 1.165) is 5.56 Å². The van der Waals surface area contributed by atoms with Gasteiger partial charge in [0.05, 0.1) is 12.6 Å². The molecule has 2 N–H and O–H groups in total. The van der Waals surface area contributed by atoms with Crippen LogP contribution < -0.4 is 9.46 Å². The zero-order chi connectivity index (χ0) is 18.9. The van der Waals surface area contributed by atoms with Gasteiger partial charge in [0.15, 0.2) is 0 Å². The van der Waals surface area contributed by atoms with Gasteiger partial charge in [-0.1, -0.05) is 36.4 Å². The molecule has 27 heavy (non-hydrogen) atoms. The lowest BCUT2D eigenvalue weighted by molar-refractivity contribution is 0.415. The van der Waals surface area contributed by atoms with E-state index in [0.29, 0.717) is 28.3 Å². The summed E-state index contributed by atoms with van der Waals surface area (Å²) in [5, 5.41) is 0. The molecule has 4 rings (SSSR count). The molecule has 4 aromatic rings. The van der Waals surface area contributed by atoms with Crippen molar-refractivity contribution in [2.75, 3.05) is 11.8 Å². The fourth-order valence-electron chi connectivity index (χ4n) is 2.85. The molecule has 7 heteroatoms. The number of hydrogen-bond donors (Lipinski definition) is 2. The summed E-state index contributed by atoms with van der Waals surface area (Å²) in [5.74, 6) is 1.28. The fraction of sp³-hybridized carbons (Fsp3) is 0.0500. The average Bonchev–Trinajstić information content (AvgIpc) is 3.12. The third kappa shape index (κ3) is 3.37. The molecule has 3 aromatic carbocycles. The number of ether oxygens (including phenoxy) is 1. The predicted octanol–water partition coefficient (Wildman–Crippen LogP) is 4.04. The molecule has 0 aliphatic rings. The van der Waals surface area contributed by atoms with Gasteiger partial charge < -0.3 is 9.72 Å². The van der Waals surface area contributed by atoms with Crippen LogP contribution in [0.3, 0.4) is 0 Å². The third-order valence-corrected chi connectivity index (χ3v) is 5.55. The van der Waals surface area contributed by atoms with Crippen LogP contribution in [0.2, 0.25) is 0 Å². The van der Waals surface area contributed by atoms with Gasteiger partial charge in [0.25, 0.3) is 10.0 Å². The molecule has 0 aliphatic carbocycles. The Hall–Kier alpha value is -3.32. The Morgan fingerprint density at radius 1 is 0.963 bits per heavy atom. The minimum absolute atomic E-state index is 0.120. The van der Waals surface area contributed by atoms with Crippen LogP contribution in [0, 0.1) is 0 Å². The number of sulfonamides is 1. The van der Waals surface area contributed by atoms with E-state index >= 15 is 0 Å². The summed E-state index contributed by atoms with van der Waals surface area (Å²) in [7, 11) is -2.18. The monoisotopic (exact) mass is 379 g/mol. The van der Waals surface area contributed by atoms with Crippen molar-refractivity contribution in [3.63, 3.8) is 0 Å². The number of aromatic amines is 1. The first-order valence-electron chi connectivity index (χ1n) is 8.28. The van der Waals surface area contributed by atoms with Gasteiger partial charge >= 0.3 is 0 Å². The number of aromatic nitrogens is 2. The van der Waals surface area contributed by atoms with E-state index in [2.05, 4.69) is 14.7 Å². The van der Waals surface area contributed by atoms with Crippen molar-refractivity contribution in [2.24, 2.45) is 0 Å². The third-order valence-electron chi connectivity index (χ3n) is 4.13. The number of nitrogens with zero attached hydrogens (tertiary/aromatic N) is 1. The number of benzene rings is 3. The number of para-hydroxylation sites is 2. The van der Waals surface area contributed by atoms with Crippen molar-refractivity contribution < 1.29 is 13.2 Å². The smallest absolute Gasteiger partial charge is 0.264 e. The first-order valence-corrected chi connectivity index (χ1v) is 9.76. The van der Waals surface area contributed by atoms with E-state index in [1.165, 1.54) is 0 Å². The van der Waals surface area contributed by atoms with Crippen LogP contribution >= 0.6 is 0 Å². The largest absolute Gasteiger partial charge is 0.497 e. The highest BCUT2D eigenvalue weighted by Crippen LogP contribution is 2.28. The first kappa shape index (κ1) is 17.1. The molecule has 136 valence electrons. The van der Waals surface area contributed by atoms with Crippen LogP contribution in [0.25, 0.3) is 22.4 Å². The van der Waals surface area contributed by atoms with Crippen LogP contribution in [0.5, 0.6) is 5.75 Å². The van der Waals surface area contributed by atoms with Gasteiger partial charge in [-0.3, -0.25) is 4.72 Å². The Labute approximate surface area is 156 Å². The Kier molecular flexibility index (Phi) is 4.29. The van der Waals surface area contributed by atoms with E-state index in [1.807, 2.05) is 30.3 Å². The maximum atomic E-state index is 12.9. The van der Waals surface area contributed by atoms with Crippen molar-refractivity contribution >= 4 is 26.7 Å². The van der Waals surface area contributed by atoms with Crippen molar-refractivity contribution in [2.45, 2.75) is 4.90 Å². The second-order valence-corrected chi connectivity index (χ2v) is 7.59. The maximum absolute atomic E-state index is 12.9. The van der Waals surface area contributed by atoms with Crippen molar-refractivity contribution in [3.8, 4) is 17.1 Å². The molecule has 0 spiro atoms. The molecule has 0 aliphatic heterocycles. The summed E-state index contributed by atoms with van der Waals surface area (Å²) < 4.78 is 33.6. The van der Waals surface area contributed by atoms with Crippen LogP contribution in [-0.4, -0.2) is 25.5 Å². The van der Waals surface area contributed by atoms with Gasteiger partial charge in [0.2, 0.25) is 0 Å². The van der Waals surface area contributed by atoms with E-state index < -0.39 is 10.0 Å².